The predicted molar refractivity (Wildman–Crippen MR) is 56.8 cm³/mol. The third kappa shape index (κ3) is 1.43. The highest BCUT2D eigenvalue weighted by Gasteiger charge is 2.55. The van der Waals surface area contributed by atoms with E-state index in [1.165, 1.54) is 12.8 Å². The summed E-state index contributed by atoms with van der Waals surface area (Å²) in [6.45, 7) is 1.86. The zero-order chi connectivity index (χ0) is 11.3. The number of aromatic nitrogens is 2. The molecule has 1 aromatic rings. The zero-order valence-corrected chi connectivity index (χ0v) is 9.26. The third-order valence-corrected chi connectivity index (χ3v) is 3.67. The lowest BCUT2D eigenvalue weighted by molar-refractivity contribution is -0.147. The lowest BCUT2D eigenvalue weighted by atomic mass is 9.93. The molecule has 86 valence electrons. The van der Waals surface area contributed by atoms with Crippen molar-refractivity contribution in [3.8, 4) is 0 Å². The standard InChI is InChI=1S/C11H15N3O2/c1-13-5-8(4-12-13)9(10(15)16)14-6-11(7-14)2-3-11/h4-5,9H,2-3,6-7H2,1H3,(H,15,16). The molecule has 0 amide bonds. The van der Waals surface area contributed by atoms with Gasteiger partial charge in [-0.2, -0.15) is 5.10 Å². The normalized spacial score (nSPS) is 24.1. The summed E-state index contributed by atoms with van der Waals surface area (Å²) in [5.74, 6) is -0.775. The van der Waals surface area contributed by atoms with Crippen LogP contribution in [-0.4, -0.2) is 38.8 Å². The Hall–Kier alpha value is -1.36. The highest BCUT2D eigenvalue weighted by Crippen LogP contribution is 2.54. The van der Waals surface area contributed by atoms with Crippen molar-refractivity contribution in [1.29, 1.82) is 0 Å². The van der Waals surface area contributed by atoms with E-state index in [4.69, 9.17) is 0 Å². The molecule has 1 saturated heterocycles. The van der Waals surface area contributed by atoms with E-state index in [9.17, 15) is 9.90 Å². The number of hydrogen-bond acceptors (Lipinski definition) is 3. The Morgan fingerprint density at radius 3 is 2.69 bits per heavy atom. The lowest BCUT2D eigenvalue weighted by Gasteiger charge is -2.43. The molecule has 1 unspecified atom stereocenters. The Kier molecular flexibility index (Phi) is 1.89. The molecule has 1 aliphatic heterocycles. The van der Waals surface area contributed by atoms with Crippen molar-refractivity contribution in [1.82, 2.24) is 14.7 Å². The number of carboxylic acids is 1. The van der Waals surface area contributed by atoms with E-state index in [-0.39, 0.29) is 0 Å². The van der Waals surface area contributed by atoms with Crippen LogP contribution in [0.5, 0.6) is 0 Å². The highest BCUT2D eigenvalue weighted by atomic mass is 16.4. The van der Waals surface area contributed by atoms with Gasteiger partial charge in [0.15, 0.2) is 0 Å². The zero-order valence-electron chi connectivity index (χ0n) is 9.26. The Balaban J connectivity index is 1.79. The summed E-state index contributed by atoms with van der Waals surface area (Å²) in [7, 11) is 1.81. The van der Waals surface area contributed by atoms with Gasteiger partial charge in [0.1, 0.15) is 6.04 Å². The van der Waals surface area contributed by atoms with Gasteiger partial charge in [0.05, 0.1) is 6.20 Å². The molecule has 2 heterocycles. The lowest BCUT2D eigenvalue weighted by Crippen LogP contribution is -2.51. The van der Waals surface area contributed by atoms with Crippen LogP contribution in [0.2, 0.25) is 0 Å². The summed E-state index contributed by atoms with van der Waals surface area (Å²) in [6.07, 6.45) is 5.97. The fourth-order valence-electron chi connectivity index (χ4n) is 2.58. The van der Waals surface area contributed by atoms with Crippen molar-refractivity contribution < 1.29 is 9.90 Å². The van der Waals surface area contributed by atoms with Crippen molar-refractivity contribution in [2.75, 3.05) is 13.1 Å². The molecule has 2 fully saturated rings. The van der Waals surface area contributed by atoms with Crippen LogP contribution in [0.15, 0.2) is 12.4 Å². The number of hydrogen-bond donors (Lipinski definition) is 1. The molecule has 2 aliphatic rings. The van der Waals surface area contributed by atoms with E-state index < -0.39 is 12.0 Å². The summed E-state index contributed by atoms with van der Waals surface area (Å²) in [5, 5.41) is 13.3. The van der Waals surface area contributed by atoms with E-state index in [1.807, 2.05) is 4.90 Å². The number of aryl methyl sites for hydroxylation is 1. The first-order valence-electron chi connectivity index (χ1n) is 5.55. The van der Waals surface area contributed by atoms with Gasteiger partial charge in [0.25, 0.3) is 0 Å². The van der Waals surface area contributed by atoms with E-state index in [1.54, 1.807) is 24.1 Å². The SMILES string of the molecule is Cn1cc(C(C(=O)O)N2CC3(CC3)C2)cn1. The summed E-state index contributed by atoms with van der Waals surface area (Å²) in [6, 6.07) is -0.514. The number of likely N-dealkylation sites (tertiary alicyclic amines) is 1. The molecule has 0 aromatic carbocycles. The maximum absolute atomic E-state index is 11.3. The number of rotatable bonds is 3. The molecule has 1 N–H and O–H groups in total. The number of nitrogens with zero attached hydrogens (tertiary/aromatic N) is 3. The van der Waals surface area contributed by atoms with Crippen LogP contribution in [0.3, 0.4) is 0 Å². The monoisotopic (exact) mass is 221 g/mol. The largest absolute Gasteiger partial charge is 0.480 e. The van der Waals surface area contributed by atoms with Crippen LogP contribution in [0, 0.1) is 5.41 Å². The van der Waals surface area contributed by atoms with E-state index in [2.05, 4.69) is 5.10 Å². The van der Waals surface area contributed by atoms with Gasteiger partial charge < -0.3 is 5.11 Å². The minimum absolute atomic E-state index is 0.482. The van der Waals surface area contributed by atoms with Crippen LogP contribution in [0.1, 0.15) is 24.4 Å². The third-order valence-electron chi connectivity index (χ3n) is 3.67. The van der Waals surface area contributed by atoms with Gasteiger partial charge >= 0.3 is 5.97 Å². The first-order chi connectivity index (χ1) is 7.60. The molecule has 1 aromatic heterocycles. The molecule has 0 radical (unpaired) electrons. The second-order valence-corrected chi connectivity index (χ2v) is 5.09. The van der Waals surface area contributed by atoms with Gasteiger partial charge in [-0.3, -0.25) is 14.4 Å². The van der Waals surface area contributed by atoms with Crippen molar-refractivity contribution in [3.63, 3.8) is 0 Å². The summed E-state index contributed by atoms with van der Waals surface area (Å²) in [4.78, 5) is 13.3. The van der Waals surface area contributed by atoms with Crippen LogP contribution >= 0.6 is 0 Å². The average molecular weight is 221 g/mol. The van der Waals surface area contributed by atoms with Crippen molar-refractivity contribution in [2.24, 2.45) is 12.5 Å². The van der Waals surface area contributed by atoms with E-state index >= 15 is 0 Å². The maximum atomic E-state index is 11.3. The minimum Gasteiger partial charge on any atom is -0.480 e. The quantitative estimate of drug-likeness (QED) is 0.813. The Labute approximate surface area is 93.7 Å². The molecule has 1 aliphatic carbocycles. The van der Waals surface area contributed by atoms with Gasteiger partial charge in [0.2, 0.25) is 0 Å². The average Bonchev–Trinajstić information content (AvgIpc) is 2.84. The highest BCUT2D eigenvalue weighted by molar-refractivity contribution is 5.75. The Bertz CT molecular complexity index is 428. The fourth-order valence-corrected chi connectivity index (χ4v) is 2.58. The molecule has 1 atom stereocenters. The molecule has 16 heavy (non-hydrogen) atoms. The topological polar surface area (TPSA) is 58.4 Å². The number of aliphatic carboxylic acids is 1. The van der Waals surface area contributed by atoms with Gasteiger partial charge in [-0.1, -0.05) is 0 Å². The molecule has 1 saturated carbocycles. The molecular weight excluding hydrogens is 206 g/mol. The van der Waals surface area contributed by atoms with Crippen molar-refractivity contribution in [3.05, 3.63) is 18.0 Å². The molecule has 5 nitrogen and oxygen atoms in total. The van der Waals surface area contributed by atoms with Gasteiger partial charge in [-0.25, -0.2) is 0 Å². The Morgan fingerprint density at radius 2 is 2.25 bits per heavy atom. The summed E-state index contributed by atoms with van der Waals surface area (Å²) < 4.78 is 1.65. The van der Waals surface area contributed by atoms with Crippen molar-refractivity contribution in [2.45, 2.75) is 18.9 Å². The maximum Gasteiger partial charge on any atom is 0.325 e. The van der Waals surface area contributed by atoms with Crippen LogP contribution in [0.25, 0.3) is 0 Å². The van der Waals surface area contributed by atoms with Crippen LogP contribution in [0.4, 0.5) is 0 Å². The molecule has 0 bridgehead atoms. The van der Waals surface area contributed by atoms with Gasteiger partial charge in [-0.05, 0) is 18.3 Å². The van der Waals surface area contributed by atoms with Crippen LogP contribution < -0.4 is 0 Å². The number of carbonyl (C=O) groups is 1. The first kappa shape index (κ1) is 9.84. The molecule has 5 heteroatoms. The van der Waals surface area contributed by atoms with E-state index in [0.717, 1.165) is 18.7 Å². The second-order valence-electron chi connectivity index (χ2n) is 5.09. The van der Waals surface area contributed by atoms with E-state index in [0.29, 0.717) is 5.41 Å². The smallest absolute Gasteiger partial charge is 0.325 e. The minimum atomic E-state index is -0.775. The van der Waals surface area contributed by atoms with Crippen LogP contribution in [-0.2, 0) is 11.8 Å². The summed E-state index contributed by atoms with van der Waals surface area (Å²) >= 11 is 0. The first-order valence-corrected chi connectivity index (χ1v) is 5.55. The number of carboxylic acid groups (broad SMARTS) is 1. The second kappa shape index (κ2) is 3.07. The Morgan fingerprint density at radius 1 is 1.56 bits per heavy atom. The summed E-state index contributed by atoms with van der Waals surface area (Å²) in [5.41, 5.74) is 1.26. The van der Waals surface area contributed by atoms with Gasteiger partial charge in [-0.15, -0.1) is 0 Å². The molecule has 1 spiro atoms. The molecule has 3 rings (SSSR count). The predicted octanol–water partition coefficient (Wildman–Crippen LogP) is 0.642. The fraction of sp³-hybridized carbons (Fsp3) is 0.636. The van der Waals surface area contributed by atoms with Crippen molar-refractivity contribution >= 4 is 5.97 Å². The van der Waals surface area contributed by atoms with Gasteiger partial charge in [0, 0.05) is 31.9 Å². The molecular formula is C11H15N3O2.